The molecule has 6 atom stereocenters. The standard InChI is InChI=1S/C23H36O6/c1-2-5-15-9-10-16(12-15)18(23(28)29)7-3-6-17(25)13-20-19(8-4-11-24)21(26)14-22(20)27/h4,8,15-16,18-21,24,26H,2-3,5-7,9-14H2,1H3,(H,28,29)/t15-,16+,18?,19-,20-,21-/m1/s1. The summed E-state index contributed by atoms with van der Waals surface area (Å²) in [5.41, 5.74) is 0. The van der Waals surface area contributed by atoms with E-state index in [9.17, 15) is 24.6 Å². The van der Waals surface area contributed by atoms with Gasteiger partial charge in [-0.2, -0.15) is 0 Å². The molecule has 1 unspecified atom stereocenters. The van der Waals surface area contributed by atoms with Crippen LogP contribution in [-0.2, 0) is 14.4 Å². The molecule has 29 heavy (non-hydrogen) atoms. The second-order valence-corrected chi connectivity index (χ2v) is 8.84. The maximum absolute atomic E-state index is 12.4. The van der Waals surface area contributed by atoms with Gasteiger partial charge in [0.25, 0.3) is 0 Å². The molecule has 2 fully saturated rings. The van der Waals surface area contributed by atoms with E-state index in [1.165, 1.54) is 6.08 Å². The Morgan fingerprint density at radius 2 is 2.03 bits per heavy atom. The van der Waals surface area contributed by atoms with Crippen molar-refractivity contribution in [2.75, 3.05) is 6.61 Å². The molecule has 0 aromatic heterocycles. The number of ketones is 2. The predicted octanol–water partition coefficient (Wildman–Crippen LogP) is 3.15. The minimum Gasteiger partial charge on any atom is -0.481 e. The maximum Gasteiger partial charge on any atom is 0.306 e. The number of hydrogen-bond acceptors (Lipinski definition) is 5. The molecule has 2 aliphatic rings. The Hall–Kier alpha value is -1.53. The lowest BCUT2D eigenvalue weighted by molar-refractivity contribution is -0.144. The first kappa shape index (κ1) is 23.7. The number of carbonyl (C=O) groups excluding carboxylic acids is 2. The molecule has 3 N–H and O–H groups in total. The van der Waals surface area contributed by atoms with Crippen molar-refractivity contribution in [3.63, 3.8) is 0 Å². The lowest BCUT2D eigenvalue weighted by Crippen LogP contribution is -2.23. The van der Waals surface area contributed by atoms with E-state index in [0.29, 0.717) is 18.8 Å². The van der Waals surface area contributed by atoms with Gasteiger partial charge < -0.3 is 15.3 Å². The molecule has 0 saturated heterocycles. The van der Waals surface area contributed by atoms with Gasteiger partial charge in [-0.15, -0.1) is 0 Å². The van der Waals surface area contributed by atoms with Crippen LogP contribution in [0.2, 0.25) is 0 Å². The Morgan fingerprint density at radius 1 is 1.28 bits per heavy atom. The minimum atomic E-state index is -0.807. The van der Waals surface area contributed by atoms with E-state index in [1.54, 1.807) is 6.08 Å². The van der Waals surface area contributed by atoms with Gasteiger partial charge in [-0.1, -0.05) is 38.3 Å². The molecule has 2 saturated carbocycles. The molecule has 0 aromatic carbocycles. The number of rotatable bonds is 12. The molecule has 2 rings (SSSR count). The summed E-state index contributed by atoms with van der Waals surface area (Å²) in [4.78, 5) is 36.3. The fourth-order valence-corrected chi connectivity index (χ4v) is 5.28. The molecular formula is C23H36O6. The van der Waals surface area contributed by atoms with Crippen molar-refractivity contribution in [3.8, 4) is 0 Å². The Bertz CT molecular complexity index is 598. The van der Waals surface area contributed by atoms with E-state index >= 15 is 0 Å². The third-order valence-corrected chi connectivity index (χ3v) is 6.78. The zero-order valence-corrected chi connectivity index (χ0v) is 17.5. The van der Waals surface area contributed by atoms with Gasteiger partial charge in [0.1, 0.15) is 11.6 Å². The summed E-state index contributed by atoms with van der Waals surface area (Å²) in [6, 6.07) is 0. The van der Waals surface area contributed by atoms with Crippen LogP contribution >= 0.6 is 0 Å². The fourth-order valence-electron chi connectivity index (χ4n) is 5.28. The summed E-state index contributed by atoms with van der Waals surface area (Å²) in [5.74, 6) is -1.45. The number of carbonyl (C=O) groups is 3. The van der Waals surface area contributed by atoms with E-state index in [4.69, 9.17) is 5.11 Å². The third kappa shape index (κ3) is 6.75. The predicted molar refractivity (Wildman–Crippen MR) is 109 cm³/mol. The van der Waals surface area contributed by atoms with Crippen molar-refractivity contribution in [3.05, 3.63) is 12.2 Å². The van der Waals surface area contributed by atoms with E-state index in [2.05, 4.69) is 6.92 Å². The van der Waals surface area contributed by atoms with Gasteiger partial charge in [-0.05, 0) is 37.5 Å². The Morgan fingerprint density at radius 3 is 2.69 bits per heavy atom. The summed E-state index contributed by atoms with van der Waals surface area (Å²) in [6.45, 7) is 1.99. The first-order chi connectivity index (χ1) is 13.9. The largest absolute Gasteiger partial charge is 0.481 e. The van der Waals surface area contributed by atoms with Crippen molar-refractivity contribution in [2.24, 2.45) is 29.6 Å². The number of carboxylic acids is 1. The zero-order chi connectivity index (χ0) is 21.4. The van der Waals surface area contributed by atoms with Crippen LogP contribution in [0.15, 0.2) is 12.2 Å². The van der Waals surface area contributed by atoms with Gasteiger partial charge in [0, 0.05) is 31.1 Å². The van der Waals surface area contributed by atoms with Gasteiger partial charge in [0.2, 0.25) is 0 Å². The highest BCUT2D eigenvalue weighted by Gasteiger charge is 2.41. The van der Waals surface area contributed by atoms with Crippen LogP contribution in [0, 0.1) is 29.6 Å². The fraction of sp³-hybridized carbons (Fsp3) is 0.783. The highest BCUT2D eigenvalue weighted by molar-refractivity contribution is 5.90. The molecule has 0 radical (unpaired) electrons. The van der Waals surface area contributed by atoms with E-state index in [1.807, 2.05) is 0 Å². The van der Waals surface area contributed by atoms with Crippen LogP contribution < -0.4 is 0 Å². The molecule has 0 heterocycles. The van der Waals surface area contributed by atoms with Crippen LogP contribution in [-0.4, -0.2) is 45.6 Å². The van der Waals surface area contributed by atoms with Crippen LogP contribution in [0.3, 0.4) is 0 Å². The number of aliphatic carboxylic acids is 1. The maximum atomic E-state index is 12.4. The normalized spacial score (nSPS) is 30.9. The van der Waals surface area contributed by atoms with E-state index in [-0.39, 0.29) is 49.3 Å². The second-order valence-electron chi connectivity index (χ2n) is 8.84. The van der Waals surface area contributed by atoms with Crippen LogP contribution in [0.4, 0.5) is 0 Å². The van der Waals surface area contributed by atoms with Gasteiger partial charge in [-0.25, -0.2) is 0 Å². The average Bonchev–Trinajstić information content (AvgIpc) is 3.22. The number of hydrogen-bond donors (Lipinski definition) is 3. The van der Waals surface area contributed by atoms with Gasteiger partial charge in [0.15, 0.2) is 0 Å². The third-order valence-electron chi connectivity index (χ3n) is 6.78. The SMILES string of the molecule is CCC[C@@H]1CC[C@H](C(CCCC(=O)C[C@H]2C(=O)C[C@@H](O)[C@@H]2C=CCO)C(=O)O)C1. The molecule has 0 aliphatic heterocycles. The molecule has 0 aromatic rings. The monoisotopic (exact) mass is 408 g/mol. The summed E-state index contributed by atoms with van der Waals surface area (Å²) in [5, 5.41) is 28.6. The van der Waals surface area contributed by atoms with Crippen molar-refractivity contribution in [2.45, 2.75) is 77.2 Å². The molecule has 164 valence electrons. The quantitative estimate of drug-likeness (QED) is 0.428. The minimum absolute atomic E-state index is 0.0417. The number of aliphatic hydroxyl groups excluding tert-OH is 2. The second kappa shape index (κ2) is 11.6. The molecule has 6 nitrogen and oxygen atoms in total. The first-order valence-electron chi connectivity index (χ1n) is 11.1. The first-order valence-corrected chi connectivity index (χ1v) is 11.1. The van der Waals surface area contributed by atoms with Crippen molar-refractivity contribution in [1.29, 1.82) is 0 Å². The Labute approximate surface area is 173 Å². The van der Waals surface area contributed by atoms with Gasteiger partial charge in [0.05, 0.1) is 18.6 Å². The van der Waals surface area contributed by atoms with Crippen LogP contribution in [0.25, 0.3) is 0 Å². The smallest absolute Gasteiger partial charge is 0.306 e. The zero-order valence-electron chi connectivity index (χ0n) is 17.5. The molecule has 0 bridgehead atoms. The highest BCUT2D eigenvalue weighted by Crippen LogP contribution is 2.40. The summed E-state index contributed by atoms with van der Waals surface area (Å²) in [6.07, 6.45) is 9.06. The number of aliphatic hydroxyl groups is 2. The van der Waals surface area contributed by atoms with E-state index in [0.717, 1.165) is 32.1 Å². The van der Waals surface area contributed by atoms with Crippen LogP contribution in [0.1, 0.15) is 71.1 Å². The summed E-state index contributed by atoms with van der Waals surface area (Å²) in [7, 11) is 0. The highest BCUT2D eigenvalue weighted by atomic mass is 16.4. The molecule has 0 spiro atoms. The molecule has 2 aliphatic carbocycles. The summed E-state index contributed by atoms with van der Waals surface area (Å²) >= 11 is 0. The molecule has 0 amide bonds. The Balaban J connectivity index is 1.82. The van der Waals surface area contributed by atoms with Crippen molar-refractivity contribution < 1.29 is 29.7 Å². The van der Waals surface area contributed by atoms with Gasteiger partial charge >= 0.3 is 5.97 Å². The average molecular weight is 409 g/mol. The lowest BCUT2D eigenvalue weighted by atomic mass is 9.84. The molecular weight excluding hydrogens is 372 g/mol. The molecule has 6 heteroatoms. The summed E-state index contributed by atoms with van der Waals surface area (Å²) < 4.78 is 0. The number of carboxylic acid groups (broad SMARTS) is 1. The Kier molecular flexibility index (Phi) is 9.50. The van der Waals surface area contributed by atoms with Crippen molar-refractivity contribution >= 4 is 17.5 Å². The van der Waals surface area contributed by atoms with E-state index < -0.39 is 23.9 Å². The number of Topliss-reactive ketones (excluding diaryl/α,β-unsaturated/α-hetero) is 2. The van der Waals surface area contributed by atoms with Crippen molar-refractivity contribution in [1.82, 2.24) is 0 Å². The topological polar surface area (TPSA) is 112 Å². The lowest BCUT2D eigenvalue weighted by Gasteiger charge is -2.20. The van der Waals surface area contributed by atoms with Crippen LogP contribution in [0.5, 0.6) is 0 Å². The van der Waals surface area contributed by atoms with Gasteiger partial charge in [-0.3, -0.25) is 14.4 Å².